The third kappa shape index (κ3) is 5.94. The number of hydrogen-bond donors (Lipinski definition) is 0. The Bertz CT molecular complexity index is 1170. The molecule has 0 aliphatic rings. The van der Waals surface area contributed by atoms with Gasteiger partial charge in [-0.15, -0.1) is 10.5 Å². The summed E-state index contributed by atoms with van der Waals surface area (Å²) in [4.78, 5) is 0. The van der Waals surface area contributed by atoms with Crippen molar-refractivity contribution < 1.29 is 23.7 Å². The van der Waals surface area contributed by atoms with Crippen LogP contribution in [-0.4, -0.2) is 0 Å². The molecule has 0 aliphatic carbocycles. The van der Waals surface area contributed by atoms with Crippen LogP contribution in [0.15, 0.2) is 97.1 Å². The molecule has 0 saturated carbocycles. The van der Waals surface area contributed by atoms with Gasteiger partial charge in [-0.2, -0.15) is 0 Å². The minimum atomic E-state index is 0.452. The molecule has 0 unspecified atom stereocenters. The molecule has 0 atom stereocenters. The summed E-state index contributed by atoms with van der Waals surface area (Å²) in [6.07, 6.45) is 3.25. The highest BCUT2D eigenvalue weighted by Crippen LogP contribution is 2.30. The van der Waals surface area contributed by atoms with Crippen molar-refractivity contribution in [2.75, 3.05) is 0 Å². The van der Waals surface area contributed by atoms with Crippen molar-refractivity contribution >= 4 is 0 Å². The minimum absolute atomic E-state index is 0.452. The number of nitrogens with zero attached hydrogens (tertiary/aromatic N) is 2. The first-order chi connectivity index (χ1) is 16.2. The van der Waals surface area contributed by atoms with Gasteiger partial charge < -0.3 is 23.7 Å². The van der Waals surface area contributed by atoms with E-state index in [4.69, 9.17) is 34.2 Å². The molecule has 0 aliphatic heterocycles. The minimum Gasteiger partial charge on any atom is -0.457 e. The van der Waals surface area contributed by atoms with Gasteiger partial charge >= 0.3 is 0 Å². The molecule has 4 aromatic carbocycles. The fraction of sp³-hybridized carbons (Fsp3) is 0. The molecule has 0 fully saturated rings. The van der Waals surface area contributed by atoms with E-state index in [1.54, 1.807) is 110 Å². The molecular formula is C26H16N2O5. The van der Waals surface area contributed by atoms with Crippen molar-refractivity contribution in [2.45, 2.75) is 0 Å². The van der Waals surface area contributed by atoms with Gasteiger partial charge in [0.25, 0.3) is 12.5 Å². The maximum absolute atomic E-state index is 8.52. The summed E-state index contributed by atoms with van der Waals surface area (Å²) < 4.78 is 26.9. The SMILES string of the molecule is N#COc1ccc(Oc2ccc(Oc3ccc(Oc4ccc(OC#N)cc4)cc3)cc2)cc1. The predicted molar refractivity (Wildman–Crippen MR) is 118 cm³/mol. The standard InChI is InChI=1S/C26H16N2O5/c27-17-29-19-1-5-21(6-2-19)31-23-9-13-25(14-10-23)33-26-15-11-24(12-16-26)32-22-7-3-20(4-8-22)30-18-28/h1-16H. The van der Waals surface area contributed by atoms with Crippen LogP contribution in [-0.2, 0) is 0 Å². The molecule has 33 heavy (non-hydrogen) atoms. The molecule has 0 radical (unpaired) electrons. The highest BCUT2D eigenvalue weighted by Gasteiger charge is 2.03. The maximum Gasteiger partial charge on any atom is 0.292 e. The molecule has 4 rings (SSSR count). The second kappa shape index (κ2) is 10.3. The van der Waals surface area contributed by atoms with Gasteiger partial charge in [-0.05, 0) is 97.1 Å². The maximum atomic E-state index is 8.52. The lowest BCUT2D eigenvalue weighted by Crippen LogP contribution is -1.88. The van der Waals surface area contributed by atoms with Crippen LogP contribution in [0.1, 0.15) is 0 Å². The Hall–Kier alpha value is -5.14. The van der Waals surface area contributed by atoms with Crippen molar-refractivity contribution in [1.82, 2.24) is 0 Å². The zero-order valence-electron chi connectivity index (χ0n) is 17.2. The van der Waals surface area contributed by atoms with Gasteiger partial charge in [0.1, 0.15) is 46.0 Å². The monoisotopic (exact) mass is 436 g/mol. The molecule has 0 bridgehead atoms. The Morgan fingerprint density at radius 2 is 0.515 bits per heavy atom. The van der Waals surface area contributed by atoms with Crippen LogP contribution >= 0.6 is 0 Å². The third-order valence-electron chi connectivity index (χ3n) is 4.33. The van der Waals surface area contributed by atoms with E-state index in [2.05, 4.69) is 0 Å². The third-order valence-corrected chi connectivity index (χ3v) is 4.33. The summed E-state index contributed by atoms with van der Waals surface area (Å²) in [7, 11) is 0. The van der Waals surface area contributed by atoms with E-state index in [0.717, 1.165) is 0 Å². The van der Waals surface area contributed by atoms with Gasteiger partial charge in [0.05, 0.1) is 0 Å². The van der Waals surface area contributed by atoms with Crippen LogP contribution in [0, 0.1) is 23.0 Å². The first kappa shape index (κ1) is 21.1. The molecule has 160 valence electrons. The number of benzene rings is 4. The summed E-state index contributed by atoms with van der Waals surface area (Å²) in [6, 6.07) is 27.9. The Balaban J connectivity index is 1.32. The number of nitriles is 2. The summed E-state index contributed by atoms with van der Waals surface area (Å²) in [5, 5.41) is 17.0. The molecule has 0 aromatic heterocycles. The molecule has 0 spiro atoms. The molecule has 4 aromatic rings. The summed E-state index contributed by atoms with van der Waals surface area (Å²) >= 11 is 0. The van der Waals surface area contributed by atoms with Crippen molar-refractivity contribution in [3.05, 3.63) is 97.1 Å². The van der Waals surface area contributed by atoms with Gasteiger partial charge in [-0.1, -0.05) is 0 Å². The number of hydrogen-bond acceptors (Lipinski definition) is 7. The van der Waals surface area contributed by atoms with E-state index in [1.807, 2.05) is 0 Å². The van der Waals surface area contributed by atoms with Crippen LogP contribution < -0.4 is 23.7 Å². The van der Waals surface area contributed by atoms with Crippen molar-refractivity contribution in [2.24, 2.45) is 0 Å². The van der Waals surface area contributed by atoms with Gasteiger partial charge in [-0.3, -0.25) is 0 Å². The quantitative estimate of drug-likeness (QED) is 0.281. The lowest BCUT2D eigenvalue weighted by atomic mass is 10.3. The average Bonchev–Trinajstić information content (AvgIpc) is 2.84. The largest absolute Gasteiger partial charge is 0.457 e. The van der Waals surface area contributed by atoms with Crippen molar-refractivity contribution in [3.8, 4) is 58.5 Å². The van der Waals surface area contributed by atoms with Crippen LogP contribution in [0.25, 0.3) is 0 Å². The molecule has 0 amide bonds. The normalized spacial score (nSPS) is 9.76. The van der Waals surface area contributed by atoms with Crippen LogP contribution in [0.4, 0.5) is 0 Å². The Labute approximate surface area is 190 Å². The zero-order chi connectivity index (χ0) is 22.9. The lowest BCUT2D eigenvalue weighted by Gasteiger charge is -2.10. The smallest absolute Gasteiger partial charge is 0.292 e. The molecule has 0 saturated heterocycles. The Kier molecular flexibility index (Phi) is 6.56. The van der Waals surface area contributed by atoms with E-state index in [0.29, 0.717) is 46.0 Å². The highest BCUT2D eigenvalue weighted by molar-refractivity contribution is 5.41. The van der Waals surface area contributed by atoms with Crippen LogP contribution in [0.2, 0.25) is 0 Å². The van der Waals surface area contributed by atoms with E-state index in [9.17, 15) is 0 Å². The molecule has 7 nitrogen and oxygen atoms in total. The average molecular weight is 436 g/mol. The number of rotatable bonds is 8. The van der Waals surface area contributed by atoms with Gasteiger partial charge in [-0.25, -0.2) is 0 Å². The molecule has 0 heterocycles. The fourth-order valence-corrected chi connectivity index (χ4v) is 2.82. The lowest BCUT2D eigenvalue weighted by molar-refractivity contribution is 0.462. The Morgan fingerprint density at radius 3 is 0.697 bits per heavy atom. The first-order valence-electron chi connectivity index (χ1n) is 9.77. The van der Waals surface area contributed by atoms with E-state index in [-0.39, 0.29) is 0 Å². The Morgan fingerprint density at radius 1 is 0.333 bits per heavy atom. The first-order valence-corrected chi connectivity index (χ1v) is 9.77. The second-order valence-electron chi connectivity index (χ2n) is 6.58. The van der Waals surface area contributed by atoms with Crippen molar-refractivity contribution in [3.63, 3.8) is 0 Å². The second-order valence-corrected chi connectivity index (χ2v) is 6.58. The van der Waals surface area contributed by atoms with Gasteiger partial charge in [0.2, 0.25) is 0 Å². The summed E-state index contributed by atoms with van der Waals surface area (Å²) in [5.74, 6) is 4.75. The van der Waals surface area contributed by atoms with E-state index < -0.39 is 0 Å². The van der Waals surface area contributed by atoms with Crippen molar-refractivity contribution in [1.29, 1.82) is 10.5 Å². The topological polar surface area (TPSA) is 93.7 Å². The predicted octanol–water partition coefficient (Wildman–Crippen LogP) is 6.78. The molecule has 7 heteroatoms. The zero-order valence-corrected chi connectivity index (χ0v) is 17.2. The van der Waals surface area contributed by atoms with Gasteiger partial charge in [0, 0.05) is 0 Å². The molecular weight excluding hydrogens is 420 g/mol. The highest BCUT2D eigenvalue weighted by atomic mass is 16.5. The molecule has 0 N–H and O–H groups in total. The van der Waals surface area contributed by atoms with Crippen LogP contribution in [0.5, 0.6) is 46.0 Å². The van der Waals surface area contributed by atoms with E-state index >= 15 is 0 Å². The summed E-state index contributed by atoms with van der Waals surface area (Å²) in [6.45, 7) is 0. The van der Waals surface area contributed by atoms with Gasteiger partial charge in [0.15, 0.2) is 0 Å². The van der Waals surface area contributed by atoms with E-state index in [1.165, 1.54) is 0 Å². The fourth-order valence-electron chi connectivity index (χ4n) is 2.82. The summed E-state index contributed by atoms with van der Waals surface area (Å²) in [5.41, 5.74) is 0. The van der Waals surface area contributed by atoms with Crippen LogP contribution in [0.3, 0.4) is 0 Å². The number of ether oxygens (including phenoxy) is 5.